The molecule has 0 fully saturated rings. The maximum Gasteiger partial charge on any atom is 0.355 e. The Bertz CT molecular complexity index is 777. The molecule has 10 heteroatoms. The van der Waals surface area contributed by atoms with Gasteiger partial charge in [-0.1, -0.05) is 0 Å². The molecular formula is C16H20N6O4. The molecule has 0 saturated heterocycles. The Morgan fingerprint density at radius 3 is 2.42 bits per heavy atom. The van der Waals surface area contributed by atoms with E-state index in [9.17, 15) is 14.9 Å². The molecule has 0 atom stereocenters. The van der Waals surface area contributed by atoms with Gasteiger partial charge in [0.15, 0.2) is 0 Å². The molecule has 26 heavy (non-hydrogen) atoms. The predicted molar refractivity (Wildman–Crippen MR) is 96.3 cm³/mol. The number of hydrogen-bond acceptors (Lipinski definition) is 8. The third kappa shape index (κ3) is 4.15. The monoisotopic (exact) mass is 360 g/mol. The van der Waals surface area contributed by atoms with E-state index >= 15 is 0 Å². The lowest BCUT2D eigenvalue weighted by molar-refractivity contribution is -0.383. The van der Waals surface area contributed by atoms with Crippen LogP contribution in [0, 0.1) is 10.1 Å². The fourth-order valence-electron chi connectivity index (χ4n) is 2.31. The number of aromatic nitrogens is 2. The second kappa shape index (κ2) is 8.60. The maximum atomic E-state index is 12.2. The molecule has 0 unspecified atom stereocenters. The normalized spacial score (nSPS) is 10.1. The van der Waals surface area contributed by atoms with E-state index in [0.717, 1.165) is 0 Å². The summed E-state index contributed by atoms with van der Waals surface area (Å²) in [6.07, 6.45) is 1.21. The SMILES string of the molecule is CCN(CC)c1ncnc(NNC(=O)c2ccc(OC)cc2)c1[N+](=O)[O-]. The Morgan fingerprint density at radius 1 is 1.23 bits per heavy atom. The third-order valence-corrected chi connectivity index (χ3v) is 3.70. The lowest BCUT2D eigenvalue weighted by Gasteiger charge is -2.20. The fraction of sp³-hybridized carbons (Fsp3) is 0.312. The van der Waals surface area contributed by atoms with Gasteiger partial charge in [0, 0.05) is 18.7 Å². The smallest absolute Gasteiger partial charge is 0.355 e. The van der Waals surface area contributed by atoms with E-state index in [1.54, 1.807) is 29.2 Å². The zero-order valence-corrected chi connectivity index (χ0v) is 14.7. The number of ether oxygens (including phenoxy) is 1. The highest BCUT2D eigenvalue weighted by Gasteiger charge is 2.26. The molecule has 2 N–H and O–H groups in total. The molecule has 1 heterocycles. The second-order valence-corrected chi connectivity index (χ2v) is 5.13. The average molecular weight is 360 g/mol. The summed E-state index contributed by atoms with van der Waals surface area (Å²) in [5.41, 5.74) is 4.98. The minimum atomic E-state index is -0.574. The number of amides is 1. The van der Waals surface area contributed by atoms with E-state index < -0.39 is 10.8 Å². The van der Waals surface area contributed by atoms with Crippen LogP contribution in [0.25, 0.3) is 0 Å². The van der Waals surface area contributed by atoms with Crippen molar-refractivity contribution < 1.29 is 14.5 Å². The molecule has 2 rings (SSSR count). The van der Waals surface area contributed by atoms with Gasteiger partial charge in [-0.3, -0.25) is 25.8 Å². The second-order valence-electron chi connectivity index (χ2n) is 5.13. The van der Waals surface area contributed by atoms with Gasteiger partial charge < -0.3 is 9.64 Å². The molecule has 0 bridgehead atoms. The summed E-state index contributed by atoms with van der Waals surface area (Å²) in [7, 11) is 1.53. The average Bonchev–Trinajstić information content (AvgIpc) is 2.67. The van der Waals surface area contributed by atoms with Gasteiger partial charge in [-0.05, 0) is 38.1 Å². The minimum Gasteiger partial charge on any atom is -0.497 e. The molecule has 1 aromatic heterocycles. The summed E-state index contributed by atoms with van der Waals surface area (Å²) in [5, 5.41) is 11.5. The van der Waals surface area contributed by atoms with Crippen LogP contribution >= 0.6 is 0 Å². The molecule has 10 nitrogen and oxygen atoms in total. The number of methoxy groups -OCH3 is 1. The van der Waals surface area contributed by atoms with Gasteiger partial charge in [0.25, 0.3) is 5.91 Å². The van der Waals surface area contributed by atoms with E-state index in [2.05, 4.69) is 20.8 Å². The highest BCUT2D eigenvalue weighted by Crippen LogP contribution is 2.31. The fourth-order valence-corrected chi connectivity index (χ4v) is 2.31. The third-order valence-electron chi connectivity index (χ3n) is 3.70. The molecule has 0 aliphatic heterocycles. The molecule has 1 amide bonds. The lowest BCUT2D eigenvalue weighted by Crippen LogP contribution is -2.31. The molecule has 0 spiro atoms. The number of nitro groups is 1. The number of rotatable bonds is 8. The lowest BCUT2D eigenvalue weighted by atomic mass is 10.2. The molecule has 138 valence electrons. The number of hydrogen-bond donors (Lipinski definition) is 2. The zero-order valence-electron chi connectivity index (χ0n) is 14.7. The van der Waals surface area contributed by atoms with Crippen LogP contribution in [-0.4, -0.2) is 41.0 Å². The molecule has 0 aliphatic rings. The van der Waals surface area contributed by atoms with Gasteiger partial charge in [-0.2, -0.15) is 0 Å². The van der Waals surface area contributed by atoms with Crippen LogP contribution in [0.4, 0.5) is 17.3 Å². The number of carbonyl (C=O) groups excluding carboxylic acids is 1. The number of benzene rings is 1. The highest BCUT2D eigenvalue weighted by molar-refractivity contribution is 5.95. The van der Waals surface area contributed by atoms with Crippen LogP contribution in [0.3, 0.4) is 0 Å². The Balaban J connectivity index is 2.21. The Morgan fingerprint density at radius 2 is 1.88 bits per heavy atom. The quantitative estimate of drug-likeness (QED) is 0.541. The van der Waals surface area contributed by atoms with E-state index in [1.165, 1.54) is 13.4 Å². The van der Waals surface area contributed by atoms with E-state index in [0.29, 0.717) is 24.4 Å². The van der Waals surface area contributed by atoms with Gasteiger partial charge in [0.05, 0.1) is 12.0 Å². The van der Waals surface area contributed by atoms with E-state index in [1.807, 2.05) is 13.8 Å². The standard InChI is InChI=1S/C16H20N6O4/c1-4-21(5-2)15-13(22(24)25)14(17-10-18-15)19-20-16(23)11-6-8-12(26-3)9-7-11/h6-10H,4-5H2,1-3H3,(H,20,23)(H,17,18,19). The summed E-state index contributed by atoms with van der Waals surface area (Å²) in [6, 6.07) is 6.43. The summed E-state index contributed by atoms with van der Waals surface area (Å²) >= 11 is 0. The van der Waals surface area contributed by atoms with Crippen LogP contribution in [0.2, 0.25) is 0 Å². The van der Waals surface area contributed by atoms with Gasteiger partial charge in [0.2, 0.25) is 11.6 Å². The van der Waals surface area contributed by atoms with Crippen molar-refractivity contribution in [1.82, 2.24) is 15.4 Å². The molecular weight excluding hydrogens is 340 g/mol. The van der Waals surface area contributed by atoms with Crippen molar-refractivity contribution in [2.24, 2.45) is 0 Å². The van der Waals surface area contributed by atoms with Crippen molar-refractivity contribution in [2.45, 2.75) is 13.8 Å². The summed E-state index contributed by atoms with van der Waals surface area (Å²) < 4.78 is 5.03. The number of carbonyl (C=O) groups is 1. The summed E-state index contributed by atoms with van der Waals surface area (Å²) in [5.74, 6) is 0.250. The van der Waals surface area contributed by atoms with Crippen molar-refractivity contribution in [3.63, 3.8) is 0 Å². The number of nitrogens with one attached hydrogen (secondary N) is 2. The van der Waals surface area contributed by atoms with Gasteiger partial charge >= 0.3 is 5.69 Å². The Kier molecular flexibility index (Phi) is 6.25. The van der Waals surface area contributed by atoms with Crippen LogP contribution in [0.15, 0.2) is 30.6 Å². The first-order valence-electron chi connectivity index (χ1n) is 7.96. The van der Waals surface area contributed by atoms with Gasteiger partial charge in [-0.15, -0.1) is 0 Å². The first kappa shape index (κ1) is 18.9. The van der Waals surface area contributed by atoms with Crippen molar-refractivity contribution in [3.8, 4) is 5.75 Å². The number of nitrogens with zero attached hydrogens (tertiary/aromatic N) is 4. The molecule has 0 saturated carbocycles. The highest BCUT2D eigenvalue weighted by atomic mass is 16.6. The van der Waals surface area contributed by atoms with Gasteiger partial charge in [-0.25, -0.2) is 9.97 Å². The first-order valence-corrected chi connectivity index (χ1v) is 7.96. The van der Waals surface area contributed by atoms with E-state index in [-0.39, 0.29) is 17.3 Å². The van der Waals surface area contributed by atoms with Crippen LogP contribution < -0.4 is 20.5 Å². The molecule has 2 aromatic rings. The number of hydrazine groups is 1. The van der Waals surface area contributed by atoms with Crippen molar-refractivity contribution >= 4 is 23.2 Å². The summed E-state index contributed by atoms with van der Waals surface area (Å²) in [4.78, 5) is 32.7. The van der Waals surface area contributed by atoms with E-state index in [4.69, 9.17) is 4.74 Å². The zero-order chi connectivity index (χ0) is 19.1. The van der Waals surface area contributed by atoms with Crippen LogP contribution in [-0.2, 0) is 0 Å². The van der Waals surface area contributed by atoms with Crippen molar-refractivity contribution in [2.75, 3.05) is 30.5 Å². The Hall–Kier alpha value is -3.43. The molecule has 1 aromatic carbocycles. The van der Waals surface area contributed by atoms with Crippen LogP contribution in [0.5, 0.6) is 5.75 Å². The predicted octanol–water partition coefficient (Wildman–Crippen LogP) is 2.00. The van der Waals surface area contributed by atoms with Gasteiger partial charge in [0.1, 0.15) is 12.1 Å². The number of anilines is 2. The minimum absolute atomic E-state index is 0.0891. The van der Waals surface area contributed by atoms with Crippen LogP contribution in [0.1, 0.15) is 24.2 Å². The maximum absolute atomic E-state index is 12.2. The summed E-state index contributed by atoms with van der Waals surface area (Å²) in [6.45, 7) is 4.83. The molecule has 0 aliphatic carbocycles. The largest absolute Gasteiger partial charge is 0.497 e. The topological polar surface area (TPSA) is 123 Å². The van der Waals surface area contributed by atoms with Crippen molar-refractivity contribution in [3.05, 3.63) is 46.3 Å². The Labute approximate surface area is 150 Å². The van der Waals surface area contributed by atoms with Crippen molar-refractivity contribution in [1.29, 1.82) is 0 Å². The first-order chi connectivity index (χ1) is 12.5. The molecule has 0 radical (unpaired) electrons.